The minimum Gasteiger partial charge on any atom is -0.323 e. The Morgan fingerprint density at radius 2 is 1.79 bits per heavy atom. The number of rotatable bonds is 3. The van der Waals surface area contributed by atoms with Gasteiger partial charge in [0.05, 0.1) is 0 Å². The number of benzene rings is 1. The number of aryl methyl sites for hydroxylation is 2. The van der Waals surface area contributed by atoms with E-state index in [1.54, 1.807) is 0 Å². The molecular weight excluding hydrogens is 232 g/mol. The molecule has 1 aliphatic heterocycles. The Hall–Kier alpha value is -0.860. The van der Waals surface area contributed by atoms with Crippen LogP contribution in [0.15, 0.2) is 18.2 Å². The molecule has 1 aromatic carbocycles. The Kier molecular flexibility index (Phi) is 4.64. The van der Waals surface area contributed by atoms with Gasteiger partial charge >= 0.3 is 0 Å². The maximum absolute atomic E-state index is 6.43. The number of nitrogens with zero attached hydrogens (tertiary/aromatic N) is 1. The van der Waals surface area contributed by atoms with Crippen LogP contribution in [0.2, 0.25) is 0 Å². The van der Waals surface area contributed by atoms with Crippen LogP contribution >= 0.6 is 0 Å². The Labute approximate surface area is 118 Å². The lowest BCUT2D eigenvalue weighted by Gasteiger charge is -2.40. The number of likely N-dealkylation sites (tertiary alicyclic amines) is 1. The molecule has 1 aliphatic rings. The molecule has 0 saturated carbocycles. The van der Waals surface area contributed by atoms with E-state index in [0.29, 0.717) is 12.1 Å². The van der Waals surface area contributed by atoms with E-state index in [1.165, 1.54) is 36.0 Å². The highest BCUT2D eigenvalue weighted by Crippen LogP contribution is 2.25. The zero-order chi connectivity index (χ0) is 14.0. The van der Waals surface area contributed by atoms with Gasteiger partial charge in [0.25, 0.3) is 0 Å². The van der Waals surface area contributed by atoms with E-state index in [-0.39, 0.29) is 6.04 Å². The van der Waals surface area contributed by atoms with Crippen LogP contribution in [-0.2, 0) is 0 Å². The lowest BCUT2D eigenvalue weighted by Crippen LogP contribution is -2.46. The van der Waals surface area contributed by atoms with Crippen LogP contribution in [0.25, 0.3) is 0 Å². The molecule has 1 fully saturated rings. The quantitative estimate of drug-likeness (QED) is 0.900. The summed E-state index contributed by atoms with van der Waals surface area (Å²) in [6, 6.07) is 8.09. The lowest BCUT2D eigenvalue weighted by molar-refractivity contribution is 0.0961. The SMILES string of the molecule is Cc1ccc(C(N)CN2[C@H](C)CCC[C@@H]2C)cc1C. The van der Waals surface area contributed by atoms with Crippen molar-refractivity contribution in [3.8, 4) is 0 Å². The van der Waals surface area contributed by atoms with Crippen molar-refractivity contribution < 1.29 is 0 Å². The standard InChI is InChI=1S/C17H28N2/c1-12-8-9-16(10-13(12)2)17(18)11-19-14(3)6-5-7-15(19)4/h8-10,14-15,17H,5-7,11,18H2,1-4H3/t14-,15+,17?. The molecular formula is C17H28N2. The lowest BCUT2D eigenvalue weighted by atomic mass is 9.95. The van der Waals surface area contributed by atoms with Crippen LogP contribution < -0.4 is 5.73 Å². The maximum Gasteiger partial charge on any atom is 0.0424 e. The molecule has 19 heavy (non-hydrogen) atoms. The molecule has 2 nitrogen and oxygen atoms in total. The third-order valence-electron chi connectivity index (χ3n) is 4.74. The zero-order valence-corrected chi connectivity index (χ0v) is 12.8. The van der Waals surface area contributed by atoms with Gasteiger partial charge in [0.1, 0.15) is 0 Å². The van der Waals surface area contributed by atoms with Crippen LogP contribution in [0.5, 0.6) is 0 Å². The molecule has 2 heteroatoms. The molecule has 0 amide bonds. The van der Waals surface area contributed by atoms with Crippen molar-refractivity contribution in [1.29, 1.82) is 0 Å². The van der Waals surface area contributed by atoms with Crippen molar-refractivity contribution in [3.05, 3.63) is 34.9 Å². The second-order valence-electron chi connectivity index (χ2n) is 6.28. The second kappa shape index (κ2) is 6.06. The van der Waals surface area contributed by atoms with Gasteiger partial charge in [-0.25, -0.2) is 0 Å². The third kappa shape index (κ3) is 3.37. The summed E-state index contributed by atoms with van der Waals surface area (Å²) >= 11 is 0. The van der Waals surface area contributed by atoms with Crippen molar-refractivity contribution in [1.82, 2.24) is 4.90 Å². The number of piperidine rings is 1. The predicted octanol–water partition coefficient (Wildman–Crippen LogP) is 3.57. The van der Waals surface area contributed by atoms with Gasteiger partial charge in [-0.1, -0.05) is 24.6 Å². The van der Waals surface area contributed by atoms with Gasteiger partial charge in [-0.3, -0.25) is 4.90 Å². The van der Waals surface area contributed by atoms with Crippen LogP contribution in [0, 0.1) is 13.8 Å². The summed E-state index contributed by atoms with van der Waals surface area (Å²) in [6.45, 7) is 9.97. The summed E-state index contributed by atoms with van der Waals surface area (Å²) in [7, 11) is 0. The van der Waals surface area contributed by atoms with Gasteiger partial charge < -0.3 is 5.73 Å². The van der Waals surface area contributed by atoms with Crippen molar-refractivity contribution in [2.75, 3.05) is 6.54 Å². The van der Waals surface area contributed by atoms with Gasteiger partial charge in [-0.15, -0.1) is 0 Å². The van der Waals surface area contributed by atoms with Crippen molar-refractivity contribution in [2.24, 2.45) is 5.73 Å². The Bertz CT molecular complexity index is 417. The van der Waals surface area contributed by atoms with Gasteiger partial charge in [-0.05, 0) is 57.2 Å². The third-order valence-corrected chi connectivity index (χ3v) is 4.74. The molecule has 2 N–H and O–H groups in total. The minimum absolute atomic E-state index is 0.127. The normalized spacial score (nSPS) is 26.4. The summed E-state index contributed by atoms with van der Waals surface area (Å²) in [5.74, 6) is 0. The van der Waals surface area contributed by atoms with Crippen LogP contribution in [0.1, 0.15) is 55.8 Å². The van der Waals surface area contributed by atoms with Crippen molar-refractivity contribution in [2.45, 2.75) is 65.1 Å². The first kappa shape index (κ1) is 14.5. The maximum atomic E-state index is 6.43. The Morgan fingerprint density at radius 1 is 1.16 bits per heavy atom. The molecule has 2 rings (SSSR count). The van der Waals surface area contributed by atoms with E-state index in [2.05, 4.69) is 50.8 Å². The van der Waals surface area contributed by atoms with E-state index in [9.17, 15) is 0 Å². The second-order valence-corrected chi connectivity index (χ2v) is 6.28. The summed E-state index contributed by atoms with van der Waals surface area (Å²) < 4.78 is 0. The molecule has 0 aromatic heterocycles. The van der Waals surface area contributed by atoms with Crippen LogP contribution in [0.4, 0.5) is 0 Å². The van der Waals surface area contributed by atoms with E-state index in [4.69, 9.17) is 5.73 Å². The largest absolute Gasteiger partial charge is 0.323 e. The average Bonchev–Trinajstić information content (AvgIpc) is 2.37. The molecule has 0 spiro atoms. The van der Waals surface area contributed by atoms with E-state index >= 15 is 0 Å². The average molecular weight is 260 g/mol. The fourth-order valence-electron chi connectivity index (χ4n) is 3.16. The Morgan fingerprint density at radius 3 is 2.37 bits per heavy atom. The minimum atomic E-state index is 0.127. The molecule has 1 saturated heterocycles. The van der Waals surface area contributed by atoms with Crippen molar-refractivity contribution >= 4 is 0 Å². The summed E-state index contributed by atoms with van der Waals surface area (Å²) in [6.07, 6.45) is 3.98. The number of hydrogen-bond acceptors (Lipinski definition) is 2. The predicted molar refractivity (Wildman–Crippen MR) is 82.3 cm³/mol. The van der Waals surface area contributed by atoms with Gasteiger partial charge in [-0.2, -0.15) is 0 Å². The summed E-state index contributed by atoms with van der Waals surface area (Å²) in [5.41, 5.74) is 10.4. The highest BCUT2D eigenvalue weighted by atomic mass is 15.2. The van der Waals surface area contributed by atoms with Crippen LogP contribution in [0.3, 0.4) is 0 Å². The monoisotopic (exact) mass is 260 g/mol. The molecule has 1 heterocycles. The molecule has 0 radical (unpaired) electrons. The van der Waals surface area contributed by atoms with Gasteiger partial charge in [0.15, 0.2) is 0 Å². The molecule has 0 bridgehead atoms. The fraction of sp³-hybridized carbons (Fsp3) is 0.647. The molecule has 3 atom stereocenters. The molecule has 1 unspecified atom stereocenters. The van der Waals surface area contributed by atoms with E-state index < -0.39 is 0 Å². The van der Waals surface area contributed by atoms with E-state index in [0.717, 1.165) is 6.54 Å². The number of nitrogens with two attached hydrogens (primary N) is 1. The van der Waals surface area contributed by atoms with Gasteiger partial charge in [0.2, 0.25) is 0 Å². The highest BCUT2D eigenvalue weighted by Gasteiger charge is 2.26. The highest BCUT2D eigenvalue weighted by molar-refractivity contribution is 5.31. The first-order chi connectivity index (χ1) is 8.99. The summed E-state index contributed by atoms with van der Waals surface area (Å²) in [5, 5.41) is 0. The topological polar surface area (TPSA) is 29.3 Å². The van der Waals surface area contributed by atoms with Crippen molar-refractivity contribution in [3.63, 3.8) is 0 Å². The first-order valence-electron chi connectivity index (χ1n) is 7.57. The Balaban J connectivity index is 2.07. The number of hydrogen-bond donors (Lipinski definition) is 1. The molecule has 1 aromatic rings. The molecule has 106 valence electrons. The zero-order valence-electron chi connectivity index (χ0n) is 12.8. The fourth-order valence-corrected chi connectivity index (χ4v) is 3.16. The van der Waals surface area contributed by atoms with E-state index in [1.807, 2.05) is 0 Å². The molecule has 0 aliphatic carbocycles. The smallest absolute Gasteiger partial charge is 0.0424 e. The first-order valence-corrected chi connectivity index (χ1v) is 7.57. The van der Waals surface area contributed by atoms with Gasteiger partial charge in [0, 0.05) is 24.7 Å². The van der Waals surface area contributed by atoms with Crippen LogP contribution in [-0.4, -0.2) is 23.5 Å². The summed E-state index contributed by atoms with van der Waals surface area (Å²) in [4.78, 5) is 2.59.